The van der Waals surface area contributed by atoms with Crippen molar-refractivity contribution < 1.29 is 24.0 Å². The van der Waals surface area contributed by atoms with Gasteiger partial charge < -0.3 is 47.0 Å². The first-order valence-electron chi connectivity index (χ1n) is 26.7. The summed E-state index contributed by atoms with van der Waals surface area (Å²) in [5.41, 5.74) is 20.9. The number of halogens is 6. The molecule has 3 aliphatic heterocycles. The predicted octanol–water partition coefficient (Wildman–Crippen LogP) is 9.22. The molecule has 8 N–H and O–H groups in total. The van der Waals surface area contributed by atoms with Crippen molar-refractivity contribution in [1.29, 1.82) is 0 Å². The molecule has 82 heavy (non-hydrogen) atoms. The van der Waals surface area contributed by atoms with Gasteiger partial charge in [-0.3, -0.25) is 14.7 Å². The number of hydrogen-bond donors (Lipinski definition) is 5. The molecule has 450 valence electrons. The van der Waals surface area contributed by atoms with Crippen LogP contribution in [-0.4, -0.2) is 183 Å². The van der Waals surface area contributed by atoms with Crippen LogP contribution >= 0.6 is 82.5 Å². The number of piperazine rings is 3. The van der Waals surface area contributed by atoms with E-state index in [0.29, 0.717) is 34.4 Å². The second-order valence-corrected chi connectivity index (χ2v) is 54.6. The number of guanidine groups is 1. The molecule has 0 amide bonds. The number of alkyl halides is 1. The summed E-state index contributed by atoms with van der Waals surface area (Å²) in [6.45, 7) is 32.1. The number of aromatic nitrogens is 7. The third kappa shape index (κ3) is 25.2. The molecule has 5 aromatic heterocycles. The van der Waals surface area contributed by atoms with Crippen LogP contribution in [-0.2, 0) is 24.6 Å². The van der Waals surface area contributed by atoms with Crippen LogP contribution in [0, 0.1) is 28.7 Å². The van der Waals surface area contributed by atoms with E-state index in [2.05, 4.69) is 179 Å². The van der Waals surface area contributed by atoms with Gasteiger partial charge in [0.25, 0.3) is 5.09 Å². The SMILES string of the molecule is CCN1CCN(Cc2ccc(N)nc2)CC1.CCN1CCN(Cc2ccc(N=C(N)N)nc2)CC1.CCN1CCN(Cc2ccc(Nc3ncc(F)c(-c4cc(F)c5nc(C)n(C(C)C)c5c4)n3)nc2)CC1.CI.O=[N+]([O-])O.[I][V]([I])[I]. The number of benzene rings is 1. The second kappa shape index (κ2) is 37.8. The number of nitrogens with two attached hydrogens (primary N) is 3. The Balaban J connectivity index is 0.000000268. The maximum atomic E-state index is 14.9. The average Bonchev–Trinajstić information content (AvgIpc) is 4.04. The minimum absolute atomic E-state index is 0.00954. The third-order valence-electron chi connectivity index (χ3n) is 13.4. The Labute approximate surface area is 532 Å². The summed E-state index contributed by atoms with van der Waals surface area (Å²) in [5, 5.41) is 16.7. The van der Waals surface area contributed by atoms with Crippen LogP contribution < -0.4 is 22.5 Å². The second-order valence-electron chi connectivity index (χ2n) is 19.2. The van der Waals surface area contributed by atoms with Gasteiger partial charge in [-0.15, -0.1) is 10.1 Å². The average molecular weight is 1630 g/mol. The number of nitrogens with zero attached hydrogens (tertiary/aromatic N) is 15. The van der Waals surface area contributed by atoms with Gasteiger partial charge in [0.05, 0.1) is 11.7 Å². The summed E-state index contributed by atoms with van der Waals surface area (Å²) in [6.07, 6.45) is 6.63. The van der Waals surface area contributed by atoms with E-state index in [1.165, 1.54) is 30.3 Å². The van der Waals surface area contributed by atoms with Gasteiger partial charge >= 0.3 is 64.9 Å². The standard InChI is InChI=1S/C27H32F2N8.C13H22N6.C12H20N4.CH3I.3HI.HNO3.V/c1-5-35-8-10-36(11-9-35)16-19-6-7-24(30-14-19)33-27-31-15-22(29)25(34-27)20-12-21(28)26-23(13-20)37(17(2)3)18(4)32-26;1-2-18-5-7-19(8-6-18)10-11-3-4-12(16-9-11)17-13(14)15;1-2-15-5-7-16(8-6-15)10-11-3-4-12(13)14-9-11;1-2;;;;2-1(3)4;/h6-7,12-15,17H,5,8-11,16H2,1-4H3,(H,30,31,33,34);3-4,9H,2,5-8,10H2,1H3,(H4,14,15,16,17);3-4,9H,2,5-8,10H2,1H3,(H2,13,14);1H3;3*1H;(H,2,3,4);/q;;;;;;;;+3/p-3. The summed E-state index contributed by atoms with van der Waals surface area (Å²) in [7, 11) is 0. The quantitative estimate of drug-likeness (QED) is 0.0170. The molecule has 0 spiro atoms. The summed E-state index contributed by atoms with van der Waals surface area (Å²) in [4.78, 5) is 54.3. The number of hydrogen-bond acceptors (Lipinski definition) is 17. The van der Waals surface area contributed by atoms with E-state index in [9.17, 15) is 8.78 Å². The van der Waals surface area contributed by atoms with Crippen LogP contribution in [0.3, 0.4) is 0 Å². The van der Waals surface area contributed by atoms with E-state index in [1.54, 1.807) is 6.07 Å². The summed E-state index contributed by atoms with van der Waals surface area (Å²) in [6, 6.07) is 14.7. The first-order chi connectivity index (χ1) is 39.2. The Morgan fingerprint density at radius 1 is 0.695 bits per heavy atom. The van der Waals surface area contributed by atoms with Gasteiger partial charge in [-0.25, -0.2) is 38.7 Å². The Morgan fingerprint density at radius 3 is 1.52 bits per heavy atom. The van der Waals surface area contributed by atoms with E-state index in [0.717, 1.165) is 116 Å². The van der Waals surface area contributed by atoms with Crippen LogP contribution in [0.15, 0.2) is 78.3 Å². The molecule has 0 bridgehead atoms. The van der Waals surface area contributed by atoms with Crippen molar-refractivity contribution in [3.8, 4) is 11.3 Å². The Hall–Kier alpha value is -3.59. The van der Waals surface area contributed by atoms with Crippen molar-refractivity contribution >= 4 is 123 Å². The summed E-state index contributed by atoms with van der Waals surface area (Å²) in [5.74, 6) is 1.46. The fourth-order valence-corrected chi connectivity index (χ4v) is 9.20. The zero-order valence-electron chi connectivity index (χ0n) is 47.7. The molecule has 3 aliphatic rings. The van der Waals surface area contributed by atoms with Crippen LogP contribution in [0.4, 0.5) is 32.2 Å². The first kappa shape index (κ1) is 70.9. The Kier molecular flexibility index (Phi) is 32.6. The summed E-state index contributed by atoms with van der Waals surface area (Å²) >= 11 is 9.54. The number of nitrogens with one attached hydrogen (secondary N) is 1. The van der Waals surface area contributed by atoms with Gasteiger partial charge in [0, 0.05) is 128 Å². The number of nitrogen functional groups attached to an aromatic ring is 1. The molecule has 0 atom stereocenters. The monoisotopic (exact) mass is 1630 g/mol. The van der Waals surface area contributed by atoms with E-state index in [1.807, 2.05) is 79.2 Å². The molecule has 0 saturated carbocycles. The fourth-order valence-electron chi connectivity index (χ4n) is 9.20. The third-order valence-corrected chi connectivity index (χ3v) is 13.4. The Bertz CT molecular complexity index is 2830. The van der Waals surface area contributed by atoms with Crippen molar-refractivity contribution in [1.82, 2.24) is 63.9 Å². The molecule has 0 aliphatic carbocycles. The van der Waals surface area contributed by atoms with Crippen LogP contribution in [0.2, 0.25) is 0 Å². The van der Waals surface area contributed by atoms with Crippen molar-refractivity contribution in [2.75, 3.05) is 114 Å². The topological polar surface area (TPSA) is 268 Å². The molecule has 9 rings (SSSR count). The Morgan fingerprint density at radius 2 is 1.13 bits per heavy atom. The van der Waals surface area contributed by atoms with Crippen LogP contribution in [0.1, 0.15) is 63.2 Å². The molecular weight excluding hydrogens is 1550 g/mol. The number of anilines is 3. The minimum atomic E-state index is -1.50. The van der Waals surface area contributed by atoms with Crippen LogP contribution in [0.5, 0.6) is 0 Å². The normalized spacial score (nSPS) is 15.3. The molecule has 6 aromatic rings. The zero-order chi connectivity index (χ0) is 60.3. The van der Waals surface area contributed by atoms with Gasteiger partial charge in [0.1, 0.15) is 28.7 Å². The summed E-state index contributed by atoms with van der Waals surface area (Å²) < 4.78 is 31.7. The number of aliphatic imine (C=N–C) groups is 1. The number of aryl methyl sites for hydroxylation is 1. The van der Waals surface area contributed by atoms with E-state index >= 15 is 0 Å². The molecule has 3 saturated heterocycles. The maximum absolute atomic E-state index is 14.9. The fraction of sp³-hybridized carbons (Fsp3) is 0.491. The molecular formula is C53H78F2I4N19O3V. The molecule has 29 heteroatoms. The van der Waals surface area contributed by atoms with E-state index in [4.69, 9.17) is 32.5 Å². The van der Waals surface area contributed by atoms with Crippen molar-refractivity contribution in [3.05, 3.63) is 118 Å². The van der Waals surface area contributed by atoms with E-state index < -0.39 is 16.7 Å². The van der Waals surface area contributed by atoms with Gasteiger partial charge in [0.2, 0.25) is 5.95 Å². The molecule has 1 aromatic carbocycles. The van der Waals surface area contributed by atoms with Gasteiger partial charge in [-0.1, -0.05) is 61.6 Å². The molecule has 8 heterocycles. The van der Waals surface area contributed by atoms with Gasteiger partial charge in [-0.2, -0.15) is 4.99 Å². The van der Waals surface area contributed by atoms with Crippen molar-refractivity contribution in [2.45, 2.75) is 67.2 Å². The predicted molar refractivity (Wildman–Crippen MR) is 355 cm³/mol. The zero-order valence-corrected chi connectivity index (χ0v) is 57.7. The molecule has 22 nitrogen and oxygen atoms in total. The number of pyridine rings is 3. The van der Waals surface area contributed by atoms with E-state index in [-0.39, 0.29) is 34.1 Å². The first-order valence-corrected chi connectivity index (χ1v) is 42.4. The number of fused-ring (bicyclic) bond motifs is 1. The van der Waals surface area contributed by atoms with Crippen molar-refractivity contribution in [3.63, 3.8) is 0 Å². The van der Waals surface area contributed by atoms with Gasteiger partial charge in [0.15, 0.2) is 23.4 Å². The van der Waals surface area contributed by atoms with Gasteiger partial charge in [-0.05, 0) is 92.4 Å². The van der Waals surface area contributed by atoms with Crippen LogP contribution in [0.25, 0.3) is 22.3 Å². The number of rotatable bonds is 14. The number of likely N-dealkylation sites (N-methyl/N-ethyl adjacent to an activating group) is 3. The molecule has 3 fully saturated rings. The van der Waals surface area contributed by atoms with Crippen molar-refractivity contribution in [2.24, 2.45) is 16.5 Å². The number of imidazole rings is 1. The molecule has 0 radical (unpaired) electrons. The molecule has 0 unspecified atom stereocenters.